The van der Waals surface area contributed by atoms with Crippen LogP contribution < -0.4 is 10.5 Å². The maximum absolute atomic E-state index is 5.61. The molecule has 2 aromatic rings. The molecule has 4 nitrogen and oxygen atoms in total. The molecule has 0 bridgehead atoms. The first-order valence-corrected chi connectivity index (χ1v) is 5.94. The highest BCUT2D eigenvalue weighted by Gasteiger charge is 2.18. The quantitative estimate of drug-likeness (QED) is 0.902. The highest BCUT2D eigenvalue weighted by Crippen LogP contribution is 2.38. The molecule has 1 aromatic carbocycles. The van der Waals surface area contributed by atoms with Crippen molar-refractivity contribution in [1.82, 2.24) is 5.16 Å². The zero-order valence-corrected chi connectivity index (χ0v) is 11.2. The van der Waals surface area contributed by atoms with Crippen LogP contribution in [0.25, 0.3) is 11.3 Å². The van der Waals surface area contributed by atoms with Crippen LogP contribution in [-0.4, -0.2) is 12.3 Å². The molecule has 0 aliphatic rings. The van der Waals surface area contributed by atoms with Crippen molar-refractivity contribution in [1.29, 1.82) is 0 Å². The zero-order chi connectivity index (χ0) is 13.3. The van der Waals surface area contributed by atoms with Crippen molar-refractivity contribution < 1.29 is 9.26 Å². The Morgan fingerprint density at radius 1 is 1.33 bits per heavy atom. The maximum Gasteiger partial charge on any atom is 0.169 e. The Morgan fingerprint density at radius 3 is 2.56 bits per heavy atom. The molecule has 0 fully saturated rings. The summed E-state index contributed by atoms with van der Waals surface area (Å²) in [5.74, 6) is 2.28. The molecule has 96 valence electrons. The molecular formula is C14H18N2O2. The number of hydrogen-bond acceptors (Lipinski definition) is 4. The molecule has 1 aromatic heterocycles. The number of anilines is 1. The van der Waals surface area contributed by atoms with Gasteiger partial charge in [-0.15, -0.1) is 0 Å². The number of aryl methyl sites for hydroxylation is 1. The summed E-state index contributed by atoms with van der Waals surface area (Å²) in [5, 5.41) is 3.73. The van der Waals surface area contributed by atoms with E-state index in [2.05, 4.69) is 19.0 Å². The average Bonchev–Trinajstić information content (AvgIpc) is 2.75. The molecule has 0 spiro atoms. The fraction of sp³-hybridized carbons (Fsp3) is 0.357. The minimum Gasteiger partial charge on any atom is -0.496 e. The number of nitrogens with zero attached hydrogens (tertiary/aromatic N) is 1. The third-order valence-electron chi connectivity index (χ3n) is 2.97. The van der Waals surface area contributed by atoms with Gasteiger partial charge in [0, 0.05) is 17.2 Å². The number of ether oxygens (including phenoxy) is 1. The molecule has 0 saturated heterocycles. The van der Waals surface area contributed by atoms with E-state index in [9.17, 15) is 0 Å². The largest absolute Gasteiger partial charge is 0.496 e. The van der Waals surface area contributed by atoms with Crippen molar-refractivity contribution in [3.63, 3.8) is 0 Å². The predicted octanol–water partition coefficient (Wildman–Crippen LogP) is 3.36. The number of benzene rings is 1. The van der Waals surface area contributed by atoms with Crippen molar-refractivity contribution >= 4 is 5.82 Å². The number of nitrogens with two attached hydrogens (primary N) is 1. The summed E-state index contributed by atoms with van der Waals surface area (Å²) in [5.41, 5.74) is 8.82. The minimum atomic E-state index is 0.321. The van der Waals surface area contributed by atoms with Gasteiger partial charge < -0.3 is 15.0 Å². The lowest BCUT2D eigenvalue weighted by atomic mass is 9.92. The van der Waals surface area contributed by atoms with Gasteiger partial charge in [0.05, 0.1) is 7.11 Å². The van der Waals surface area contributed by atoms with E-state index in [-0.39, 0.29) is 0 Å². The smallest absolute Gasteiger partial charge is 0.169 e. The Kier molecular flexibility index (Phi) is 3.28. The highest BCUT2D eigenvalue weighted by atomic mass is 16.5. The molecular weight excluding hydrogens is 228 g/mol. The number of nitrogen functional groups attached to an aromatic ring is 1. The topological polar surface area (TPSA) is 61.3 Å². The summed E-state index contributed by atoms with van der Waals surface area (Å²) in [6.07, 6.45) is 0. The summed E-state index contributed by atoms with van der Waals surface area (Å²) in [7, 11) is 1.69. The lowest BCUT2D eigenvalue weighted by molar-refractivity contribution is 0.403. The van der Waals surface area contributed by atoms with Crippen LogP contribution in [0.5, 0.6) is 5.75 Å². The summed E-state index contributed by atoms with van der Waals surface area (Å²) in [6.45, 7) is 6.28. The maximum atomic E-state index is 5.61. The van der Waals surface area contributed by atoms with Gasteiger partial charge in [0.1, 0.15) is 5.75 Å². The van der Waals surface area contributed by atoms with Crippen LogP contribution in [0.1, 0.15) is 30.9 Å². The average molecular weight is 246 g/mol. The van der Waals surface area contributed by atoms with E-state index in [0.29, 0.717) is 17.5 Å². The van der Waals surface area contributed by atoms with E-state index in [1.807, 2.05) is 19.1 Å². The molecule has 0 atom stereocenters. The van der Waals surface area contributed by atoms with Gasteiger partial charge in [-0.3, -0.25) is 0 Å². The van der Waals surface area contributed by atoms with E-state index in [4.69, 9.17) is 15.0 Å². The highest BCUT2D eigenvalue weighted by molar-refractivity contribution is 5.69. The molecule has 1 heterocycles. The van der Waals surface area contributed by atoms with Crippen molar-refractivity contribution in [2.45, 2.75) is 26.7 Å². The van der Waals surface area contributed by atoms with Crippen LogP contribution in [0, 0.1) is 6.92 Å². The first-order chi connectivity index (χ1) is 8.54. The molecule has 0 radical (unpaired) electrons. The molecule has 18 heavy (non-hydrogen) atoms. The van der Waals surface area contributed by atoms with Crippen LogP contribution in [0.15, 0.2) is 22.7 Å². The molecule has 4 heteroatoms. The first-order valence-electron chi connectivity index (χ1n) is 5.94. The summed E-state index contributed by atoms with van der Waals surface area (Å²) in [6, 6.07) is 5.77. The number of aromatic nitrogens is 1. The van der Waals surface area contributed by atoms with E-state index >= 15 is 0 Å². The van der Waals surface area contributed by atoms with Gasteiger partial charge in [0.25, 0.3) is 0 Å². The molecule has 2 N–H and O–H groups in total. The standard InChI is InChI=1S/C14H18N2O2/c1-8(2)13-10(11-7-12(15)16-18-11)6-5-9(3)14(13)17-4/h5-8H,1-4H3,(H2,15,16). The number of methoxy groups -OCH3 is 1. The second-order valence-electron chi connectivity index (χ2n) is 4.65. The SMILES string of the molecule is COc1c(C)ccc(-c2cc(N)no2)c1C(C)C. The van der Waals surface area contributed by atoms with Gasteiger partial charge in [-0.05, 0) is 18.4 Å². The van der Waals surface area contributed by atoms with Crippen LogP contribution in [-0.2, 0) is 0 Å². The second-order valence-corrected chi connectivity index (χ2v) is 4.65. The van der Waals surface area contributed by atoms with Crippen molar-refractivity contribution in [3.05, 3.63) is 29.3 Å². The lowest BCUT2D eigenvalue weighted by Gasteiger charge is -2.17. The summed E-state index contributed by atoms with van der Waals surface area (Å²) in [4.78, 5) is 0. The Morgan fingerprint density at radius 2 is 2.06 bits per heavy atom. The molecule has 2 rings (SSSR count). The Hall–Kier alpha value is -1.97. The molecule has 0 amide bonds. The van der Waals surface area contributed by atoms with Gasteiger partial charge in [-0.2, -0.15) is 0 Å². The number of hydrogen-bond donors (Lipinski definition) is 1. The van der Waals surface area contributed by atoms with Crippen molar-refractivity contribution in [2.75, 3.05) is 12.8 Å². The van der Waals surface area contributed by atoms with Crippen LogP contribution in [0.2, 0.25) is 0 Å². The molecule has 0 aliphatic carbocycles. The monoisotopic (exact) mass is 246 g/mol. The third-order valence-corrected chi connectivity index (χ3v) is 2.97. The van der Waals surface area contributed by atoms with Gasteiger partial charge in [0.2, 0.25) is 0 Å². The normalized spacial score (nSPS) is 10.9. The molecule has 0 saturated carbocycles. The summed E-state index contributed by atoms with van der Waals surface area (Å²) >= 11 is 0. The lowest BCUT2D eigenvalue weighted by Crippen LogP contribution is -1.99. The van der Waals surface area contributed by atoms with Gasteiger partial charge >= 0.3 is 0 Å². The van der Waals surface area contributed by atoms with Crippen LogP contribution in [0.4, 0.5) is 5.82 Å². The number of rotatable bonds is 3. The van der Waals surface area contributed by atoms with Gasteiger partial charge in [0.15, 0.2) is 11.6 Å². The first kappa shape index (κ1) is 12.5. The Bertz CT molecular complexity index is 559. The molecule has 0 aliphatic heterocycles. The van der Waals surface area contributed by atoms with E-state index in [1.54, 1.807) is 13.2 Å². The van der Waals surface area contributed by atoms with Crippen LogP contribution in [0.3, 0.4) is 0 Å². The van der Waals surface area contributed by atoms with E-state index < -0.39 is 0 Å². The summed E-state index contributed by atoms with van der Waals surface area (Å²) < 4.78 is 10.8. The second kappa shape index (κ2) is 4.72. The fourth-order valence-electron chi connectivity index (χ4n) is 2.18. The van der Waals surface area contributed by atoms with Crippen molar-refractivity contribution in [3.8, 4) is 17.1 Å². The third kappa shape index (κ3) is 2.06. The van der Waals surface area contributed by atoms with Gasteiger partial charge in [-0.1, -0.05) is 31.1 Å². The Balaban J connectivity index is 2.67. The zero-order valence-electron chi connectivity index (χ0n) is 11.2. The Labute approximate surface area is 107 Å². The van der Waals surface area contributed by atoms with E-state index in [0.717, 1.165) is 22.4 Å². The predicted molar refractivity (Wildman–Crippen MR) is 71.7 cm³/mol. The van der Waals surface area contributed by atoms with E-state index in [1.165, 1.54) is 0 Å². The molecule has 0 unspecified atom stereocenters. The van der Waals surface area contributed by atoms with Gasteiger partial charge in [-0.25, -0.2) is 0 Å². The van der Waals surface area contributed by atoms with Crippen LogP contribution >= 0.6 is 0 Å². The van der Waals surface area contributed by atoms with Crippen molar-refractivity contribution in [2.24, 2.45) is 0 Å². The minimum absolute atomic E-state index is 0.321. The fourth-order valence-corrected chi connectivity index (χ4v) is 2.18.